The minimum Gasteiger partial charge on any atom is -0.459 e. The largest absolute Gasteiger partial charge is 0.459 e. The summed E-state index contributed by atoms with van der Waals surface area (Å²) in [5.74, 6) is 4.97. The Bertz CT molecular complexity index is 349. The summed E-state index contributed by atoms with van der Waals surface area (Å²) in [4.78, 5) is 13.5. The zero-order chi connectivity index (χ0) is 12.1. The van der Waals surface area contributed by atoms with Gasteiger partial charge in [-0.25, -0.2) is 5.84 Å². The van der Waals surface area contributed by atoms with Crippen LogP contribution in [-0.4, -0.2) is 23.9 Å². The van der Waals surface area contributed by atoms with Crippen molar-refractivity contribution in [2.24, 2.45) is 5.84 Å². The van der Waals surface area contributed by atoms with Gasteiger partial charge in [0, 0.05) is 18.2 Å². The van der Waals surface area contributed by atoms with Gasteiger partial charge in [-0.15, -0.1) is 0 Å². The number of hydrogen-bond donors (Lipinski definition) is 2. The highest BCUT2D eigenvalue weighted by molar-refractivity contribution is 5.92. The summed E-state index contributed by atoms with van der Waals surface area (Å²) in [6.07, 6.45) is 2.57. The molecule has 1 unspecified atom stereocenters. The number of carbonyl (C=O) groups excluding carboxylic acids is 1. The molecule has 5 heteroatoms. The molecule has 0 aromatic carbocycles. The van der Waals surface area contributed by atoms with E-state index in [2.05, 4.69) is 24.2 Å². The van der Waals surface area contributed by atoms with Gasteiger partial charge in [-0.2, -0.15) is 0 Å². The number of amides is 1. The average Bonchev–Trinajstić information content (AvgIpc) is 2.74. The molecule has 0 saturated heterocycles. The Kier molecular flexibility index (Phi) is 4.52. The van der Waals surface area contributed by atoms with Gasteiger partial charge < -0.3 is 4.42 Å². The van der Waals surface area contributed by atoms with Crippen LogP contribution < -0.4 is 11.3 Å². The molecular formula is C11H19N3O2. The molecule has 90 valence electrons. The summed E-state index contributed by atoms with van der Waals surface area (Å²) in [5.41, 5.74) is 2.93. The molecule has 0 aliphatic carbocycles. The Morgan fingerprint density at radius 1 is 1.69 bits per heavy atom. The number of rotatable bonds is 5. The van der Waals surface area contributed by atoms with Gasteiger partial charge in [0.2, 0.25) is 0 Å². The second-order valence-corrected chi connectivity index (χ2v) is 3.92. The van der Waals surface area contributed by atoms with Gasteiger partial charge in [-0.3, -0.25) is 15.1 Å². The first kappa shape index (κ1) is 12.7. The first-order chi connectivity index (χ1) is 7.60. The molecule has 1 aromatic rings. The summed E-state index contributed by atoms with van der Waals surface area (Å²) >= 11 is 0. The molecule has 3 N–H and O–H groups in total. The maximum atomic E-state index is 11.4. The van der Waals surface area contributed by atoms with Crippen molar-refractivity contribution in [3.05, 3.63) is 23.7 Å². The molecule has 0 aliphatic rings. The Morgan fingerprint density at radius 3 is 2.94 bits per heavy atom. The zero-order valence-corrected chi connectivity index (χ0v) is 9.99. The van der Waals surface area contributed by atoms with Crippen LogP contribution in [0.2, 0.25) is 0 Å². The van der Waals surface area contributed by atoms with Crippen LogP contribution >= 0.6 is 0 Å². The third-order valence-corrected chi connectivity index (χ3v) is 2.85. The van der Waals surface area contributed by atoms with Crippen molar-refractivity contribution in [2.45, 2.75) is 32.9 Å². The van der Waals surface area contributed by atoms with Crippen molar-refractivity contribution in [2.75, 3.05) is 7.05 Å². The van der Waals surface area contributed by atoms with Crippen LogP contribution in [0.25, 0.3) is 0 Å². The van der Waals surface area contributed by atoms with Crippen LogP contribution in [0.5, 0.6) is 0 Å². The van der Waals surface area contributed by atoms with Gasteiger partial charge in [0.1, 0.15) is 0 Å². The highest BCUT2D eigenvalue weighted by atomic mass is 16.3. The van der Waals surface area contributed by atoms with Crippen molar-refractivity contribution in [3.63, 3.8) is 0 Å². The van der Waals surface area contributed by atoms with Crippen molar-refractivity contribution in [1.82, 2.24) is 10.3 Å². The summed E-state index contributed by atoms with van der Waals surface area (Å²) in [6.45, 7) is 4.95. The van der Waals surface area contributed by atoms with Crippen LogP contribution in [-0.2, 0) is 6.54 Å². The number of nitrogens with one attached hydrogen (secondary N) is 1. The third-order valence-electron chi connectivity index (χ3n) is 2.85. The maximum Gasteiger partial charge on any atom is 0.301 e. The molecule has 1 atom stereocenters. The lowest BCUT2D eigenvalue weighted by molar-refractivity contribution is 0.0922. The summed E-state index contributed by atoms with van der Waals surface area (Å²) in [7, 11) is 2.02. The topological polar surface area (TPSA) is 71.5 Å². The number of carbonyl (C=O) groups is 1. The second-order valence-electron chi connectivity index (χ2n) is 3.92. The summed E-state index contributed by atoms with van der Waals surface area (Å²) in [6, 6.07) is 2.26. The normalized spacial score (nSPS) is 12.8. The number of furan rings is 1. The van der Waals surface area contributed by atoms with Gasteiger partial charge in [0.15, 0.2) is 5.76 Å². The van der Waals surface area contributed by atoms with E-state index in [1.54, 1.807) is 6.07 Å². The van der Waals surface area contributed by atoms with E-state index in [4.69, 9.17) is 10.3 Å². The summed E-state index contributed by atoms with van der Waals surface area (Å²) < 4.78 is 5.11. The lowest BCUT2D eigenvalue weighted by Gasteiger charge is -2.22. The molecule has 16 heavy (non-hydrogen) atoms. The fourth-order valence-electron chi connectivity index (χ4n) is 1.46. The van der Waals surface area contributed by atoms with Crippen LogP contribution in [0.15, 0.2) is 16.7 Å². The monoisotopic (exact) mass is 225 g/mol. The zero-order valence-electron chi connectivity index (χ0n) is 9.99. The molecule has 1 amide bonds. The molecule has 0 spiro atoms. The fourth-order valence-corrected chi connectivity index (χ4v) is 1.46. The van der Waals surface area contributed by atoms with Crippen molar-refractivity contribution >= 4 is 5.91 Å². The molecule has 0 fully saturated rings. The van der Waals surface area contributed by atoms with Gasteiger partial charge in [0.25, 0.3) is 0 Å². The van der Waals surface area contributed by atoms with E-state index >= 15 is 0 Å². The maximum absolute atomic E-state index is 11.4. The number of nitrogen functional groups attached to an aromatic ring is 1. The van der Waals surface area contributed by atoms with E-state index in [0.717, 1.165) is 12.0 Å². The van der Waals surface area contributed by atoms with E-state index < -0.39 is 5.91 Å². The number of nitrogens with two attached hydrogens (primary N) is 1. The Balaban J connectivity index is 2.74. The first-order valence-corrected chi connectivity index (χ1v) is 5.37. The molecule has 5 nitrogen and oxygen atoms in total. The SMILES string of the molecule is CCC(C)N(C)Cc1ccoc1C(=O)NN. The second kappa shape index (κ2) is 5.67. The van der Waals surface area contributed by atoms with Crippen molar-refractivity contribution < 1.29 is 9.21 Å². The fraction of sp³-hybridized carbons (Fsp3) is 0.545. The van der Waals surface area contributed by atoms with Crippen LogP contribution in [0.3, 0.4) is 0 Å². The highest BCUT2D eigenvalue weighted by Crippen LogP contribution is 2.14. The lowest BCUT2D eigenvalue weighted by atomic mass is 10.2. The van der Waals surface area contributed by atoms with E-state index in [9.17, 15) is 4.79 Å². The Hall–Kier alpha value is -1.33. The van der Waals surface area contributed by atoms with Crippen LogP contribution in [0.1, 0.15) is 36.4 Å². The number of nitrogens with zero attached hydrogens (tertiary/aromatic N) is 1. The van der Waals surface area contributed by atoms with Crippen LogP contribution in [0, 0.1) is 0 Å². The van der Waals surface area contributed by atoms with Gasteiger partial charge >= 0.3 is 5.91 Å². The van der Waals surface area contributed by atoms with E-state index in [-0.39, 0.29) is 5.76 Å². The van der Waals surface area contributed by atoms with E-state index in [1.807, 2.05) is 7.05 Å². The Labute approximate surface area is 95.6 Å². The van der Waals surface area contributed by atoms with Gasteiger partial charge in [-0.1, -0.05) is 6.92 Å². The van der Waals surface area contributed by atoms with Crippen molar-refractivity contribution in [3.8, 4) is 0 Å². The molecular weight excluding hydrogens is 206 g/mol. The third kappa shape index (κ3) is 2.84. The highest BCUT2D eigenvalue weighted by Gasteiger charge is 2.16. The molecule has 1 heterocycles. The lowest BCUT2D eigenvalue weighted by Crippen LogP contribution is -2.32. The average molecular weight is 225 g/mol. The molecule has 0 saturated carbocycles. The molecule has 0 aliphatic heterocycles. The smallest absolute Gasteiger partial charge is 0.301 e. The molecule has 1 rings (SSSR count). The predicted octanol–water partition coefficient (Wildman–Crippen LogP) is 1.11. The van der Waals surface area contributed by atoms with E-state index in [1.165, 1.54) is 6.26 Å². The summed E-state index contributed by atoms with van der Waals surface area (Å²) in [5, 5.41) is 0. The molecule has 0 bridgehead atoms. The quantitative estimate of drug-likeness (QED) is 0.447. The van der Waals surface area contributed by atoms with E-state index in [0.29, 0.717) is 12.6 Å². The number of hydrazine groups is 1. The molecule has 1 aromatic heterocycles. The number of hydrogen-bond acceptors (Lipinski definition) is 4. The minimum atomic E-state index is -0.391. The predicted molar refractivity (Wildman–Crippen MR) is 61.6 cm³/mol. The minimum absolute atomic E-state index is 0.289. The Morgan fingerprint density at radius 2 is 2.38 bits per heavy atom. The van der Waals surface area contributed by atoms with Crippen molar-refractivity contribution in [1.29, 1.82) is 0 Å². The first-order valence-electron chi connectivity index (χ1n) is 5.37. The standard InChI is InChI=1S/C11H19N3O2/c1-4-8(2)14(3)7-9-5-6-16-10(9)11(15)13-12/h5-6,8H,4,7,12H2,1-3H3,(H,13,15). The van der Waals surface area contributed by atoms with Gasteiger partial charge in [0.05, 0.1) is 6.26 Å². The van der Waals surface area contributed by atoms with Gasteiger partial charge in [-0.05, 0) is 26.5 Å². The van der Waals surface area contributed by atoms with Crippen LogP contribution in [0.4, 0.5) is 0 Å². The molecule has 0 radical (unpaired) electrons.